The molecule has 12 heteroatoms. The van der Waals surface area contributed by atoms with Crippen molar-refractivity contribution in [2.45, 2.75) is 25.6 Å². The van der Waals surface area contributed by atoms with Crippen LogP contribution in [0.5, 0.6) is 0 Å². The Kier molecular flexibility index (Phi) is 9.52. The average molecular weight is 603 g/mol. The van der Waals surface area contributed by atoms with Gasteiger partial charge in [0.2, 0.25) is 12.7 Å². The fraction of sp³-hybridized carbons (Fsp3) is 0.217. The van der Waals surface area contributed by atoms with Crippen LogP contribution in [0.15, 0.2) is 58.5 Å². The smallest absolute Gasteiger partial charge is 0.432 e. The van der Waals surface area contributed by atoms with Crippen LogP contribution in [0.1, 0.15) is 30.6 Å². The summed E-state index contributed by atoms with van der Waals surface area (Å²) in [5, 5.41) is 5.08. The van der Waals surface area contributed by atoms with Crippen LogP contribution in [0, 0.1) is 0 Å². The van der Waals surface area contributed by atoms with Gasteiger partial charge >= 0.3 is 13.8 Å². The molecule has 0 bridgehead atoms. The molecule has 1 amide bonds. The molecule has 2 atom stereocenters. The topological polar surface area (TPSA) is 111 Å². The Labute approximate surface area is 219 Å². The number of halogens is 2. The molecule has 1 heterocycles. The van der Waals surface area contributed by atoms with Gasteiger partial charge < -0.3 is 19.7 Å². The molecule has 2 N–H and O–H groups in total. The highest BCUT2D eigenvalue weighted by Crippen LogP contribution is 2.58. The van der Waals surface area contributed by atoms with Crippen LogP contribution < -0.4 is 5.32 Å². The average Bonchev–Trinajstić information content (AvgIpc) is 3.15. The molecule has 0 radical (unpaired) electrons. The summed E-state index contributed by atoms with van der Waals surface area (Å²) in [5.41, 5.74) is -0.562. The maximum atomic E-state index is 13.2. The van der Waals surface area contributed by atoms with Crippen molar-refractivity contribution in [3.63, 3.8) is 0 Å². The minimum atomic E-state index is -4.70. The van der Waals surface area contributed by atoms with E-state index in [1.807, 2.05) is 24.3 Å². The first kappa shape index (κ1) is 27.4. The fourth-order valence-electron chi connectivity index (χ4n) is 3.06. The van der Waals surface area contributed by atoms with E-state index in [2.05, 4.69) is 21.2 Å². The van der Waals surface area contributed by atoms with Gasteiger partial charge in [0.25, 0.3) is 0 Å². The van der Waals surface area contributed by atoms with Gasteiger partial charge in [-0.1, -0.05) is 39.7 Å². The van der Waals surface area contributed by atoms with Gasteiger partial charge in [0.1, 0.15) is 0 Å². The molecule has 0 saturated heterocycles. The zero-order valence-corrected chi connectivity index (χ0v) is 22.7. The van der Waals surface area contributed by atoms with E-state index in [1.165, 1.54) is 17.5 Å². The Bertz CT molecular complexity index is 1300. The predicted octanol–water partition coefficient (Wildman–Crippen LogP) is 6.87. The Morgan fingerprint density at radius 2 is 2.03 bits per heavy atom. The lowest BCUT2D eigenvalue weighted by Gasteiger charge is -2.21. The normalized spacial score (nSPS) is 14.1. The number of nitrogens with one attached hydrogen (secondary N) is 1. The standard InChI is InChI=1S/C23H22BrClNO7PS/c1-14(2)33-23(28)31-13-32-34(29,30)21(19-12-35-20-7-6-17(25)11-18(19)20)22(27)26-9-8-15-4-3-5-16(24)10-15/h3-12,14,21H,13H2,1-2H3,(H,26,27)(H,29,30)/b9-8+. The van der Waals surface area contributed by atoms with Crippen molar-refractivity contribution >= 4 is 74.7 Å². The minimum Gasteiger partial charge on any atom is -0.432 e. The number of hydrogen-bond donors (Lipinski definition) is 2. The number of thiophene rings is 1. The number of carbonyl (C=O) groups excluding carboxylic acids is 2. The van der Waals surface area contributed by atoms with E-state index in [4.69, 9.17) is 25.6 Å². The van der Waals surface area contributed by atoms with E-state index >= 15 is 0 Å². The van der Waals surface area contributed by atoms with Crippen molar-refractivity contribution in [2.24, 2.45) is 0 Å². The molecular weight excluding hydrogens is 581 g/mol. The minimum absolute atomic E-state index is 0.261. The van der Waals surface area contributed by atoms with E-state index < -0.39 is 38.2 Å². The summed E-state index contributed by atoms with van der Waals surface area (Å²) in [6, 6.07) is 12.4. The second-order valence-electron chi connectivity index (χ2n) is 7.50. The third-order valence-electron chi connectivity index (χ3n) is 4.53. The van der Waals surface area contributed by atoms with E-state index in [1.54, 1.807) is 43.5 Å². The number of hydrogen-bond acceptors (Lipinski definition) is 7. The first-order valence-electron chi connectivity index (χ1n) is 10.3. The maximum absolute atomic E-state index is 13.2. The molecule has 35 heavy (non-hydrogen) atoms. The van der Waals surface area contributed by atoms with Crippen molar-refractivity contribution in [1.29, 1.82) is 0 Å². The Balaban J connectivity index is 1.86. The van der Waals surface area contributed by atoms with Gasteiger partial charge in [-0.3, -0.25) is 13.9 Å². The highest BCUT2D eigenvalue weighted by Gasteiger charge is 2.41. The number of rotatable bonds is 9. The Hall–Kier alpha value is -2.20. The molecule has 3 rings (SSSR count). The predicted molar refractivity (Wildman–Crippen MR) is 139 cm³/mol. The van der Waals surface area contributed by atoms with E-state index in [9.17, 15) is 19.0 Å². The van der Waals surface area contributed by atoms with Gasteiger partial charge in [-0.2, -0.15) is 0 Å². The van der Waals surface area contributed by atoms with Crippen molar-refractivity contribution in [3.8, 4) is 0 Å². The van der Waals surface area contributed by atoms with Crippen LogP contribution in [-0.4, -0.2) is 29.9 Å². The summed E-state index contributed by atoms with van der Waals surface area (Å²) in [7, 11) is -4.70. The number of fused-ring (bicyclic) bond motifs is 1. The quantitative estimate of drug-likeness (QED) is 0.156. The van der Waals surface area contributed by atoms with Gasteiger partial charge in [-0.15, -0.1) is 11.3 Å². The van der Waals surface area contributed by atoms with Crippen LogP contribution in [0.4, 0.5) is 4.79 Å². The molecule has 0 fully saturated rings. The summed E-state index contributed by atoms with van der Waals surface area (Å²) < 4.78 is 29.4. The lowest BCUT2D eigenvalue weighted by molar-refractivity contribution is -0.120. The molecule has 0 spiro atoms. The van der Waals surface area contributed by atoms with Gasteiger partial charge in [0, 0.05) is 20.4 Å². The van der Waals surface area contributed by atoms with Gasteiger partial charge in [0.15, 0.2) is 5.66 Å². The van der Waals surface area contributed by atoms with Crippen molar-refractivity contribution < 1.29 is 33.0 Å². The SMILES string of the molecule is CC(C)OC(=O)OCOP(=O)(O)C(C(=O)N/C=C/c1cccc(Br)c1)c1csc2ccc(Cl)cc12. The first-order valence-corrected chi connectivity index (χ1v) is 14.0. The molecule has 8 nitrogen and oxygen atoms in total. The zero-order chi connectivity index (χ0) is 25.6. The summed E-state index contributed by atoms with van der Waals surface area (Å²) in [5.74, 6) is -0.786. The maximum Gasteiger partial charge on any atom is 0.510 e. The Morgan fingerprint density at radius 3 is 2.74 bits per heavy atom. The lowest BCUT2D eigenvalue weighted by Crippen LogP contribution is -2.26. The van der Waals surface area contributed by atoms with Gasteiger partial charge in [-0.25, -0.2) is 4.79 Å². The third-order valence-corrected chi connectivity index (χ3v) is 7.88. The summed E-state index contributed by atoms with van der Waals surface area (Å²) >= 11 is 10.8. The number of carbonyl (C=O) groups is 2. The van der Waals surface area contributed by atoms with Gasteiger partial charge in [-0.05, 0) is 72.1 Å². The van der Waals surface area contributed by atoms with Crippen LogP contribution >= 0.6 is 46.5 Å². The largest absolute Gasteiger partial charge is 0.510 e. The van der Waals surface area contributed by atoms with Crippen LogP contribution in [0.25, 0.3) is 16.2 Å². The fourth-order valence-corrected chi connectivity index (χ4v) is 6.00. The van der Waals surface area contributed by atoms with Crippen LogP contribution in [0.3, 0.4) is 0 Å². The zero-order valence-electron chi connectivity index (χ0n) is 18.6. The summed E-state index contributed by atoms with van der Waals surface area (Å²) in [6.45, 7) is 2.36. The molecule has 1 aromatic heterocycles. The highest BCUT2D eigenvalue weighted by atomic mass is 79.9. The second-order valence-corrected chi connectivity index (χ2v) is 11.7. The highest BCUT2D eigenvalue weighted by molar-refractivity contribution is 9.10. The summed E-state index contributed by atoms with van der Waals surface area (Å²) in [4.78, 5) is 35.5. The molecule has 0 aliphatic rings. The molecule has 2 unspecified atom stereocenters. The summed E-state index contributed by atoms with van der Waals surface area (Å²) in [6.07, 6.45) is 1.50. The molecule has 186 valence electrons. The number of ether oxygens (including phenoxy) is 2. The lowest BCUT2D eigenvalue weighted by atomic mass is 10.1. The monoisotopic (exact) mass is 601 g/mol. The molecule has 0 aliphatic heterocycles. The van der Waals surface area contributed by atoms with E-state index in [-0.39, 0.29) is 5.56 Å². The van der Waals surface area contributed by atoms with Crippen molar-refractivity contribution in [2.75, 3.05) is 6.79 Å². The molecule has 3 aromatic rings. The molecule has 2 aromatic carbocycles. The van der Waals surface area contributed by atoms with Crippen LogP contribution in [-0.2, 0) is 23.4 Å². The third kappa shape index (κ3) is 7.64. The van der Waals surface area contributed by atoms with E-state index in [0.29, 0.717) is 10.4 Å². The second kappa shape index (κ2) is 12.2. The van der Waals surface area contributed by atoms with Crippen molar-refractivity contribution in [3.05, 3.63) is 74.7 Å². The molecular formula is C23H22BrClNO7PS. The molecule has 0 aliphatic carbocycles. The van der Waals surface area contributed by atoms with E-state index in [0.717, 1.165) is 14.7 Å². The number of amides is 1. The van der Waals surface area contributed by atoms with Crippen molar-refractivity contribution in [1.82, 2.24) is 5.32 Å². The Morgan fingerprint density at radius 1 is 1.26 bits per heavy atom. The first-order chi connectivity index (χ1) is 16.6. The number of benzene rings is 2. The van der Waals surface area contributed by atoms with Crippen LogP contribution in [0.2, 0.25) is 5.02 Å². The molecule has 0 saturated carbocycles. The van der Waals surface area contributed by atoms with Gasteiger partial charge in [0.05, 0.1) is 6.10 Å².